The number of phenols is 1. The van der Waals surface area contributed by atoms with Crippen molar-refractivity contribution in [2.24, 2.45) is 12.1 Å². The molecule has 0 amide bonds. The van der Waals surface area contributed by atoms with E-state index in [2.05, 4.69) is 15.5 Å². The number of fused-ring (bicyclic) bond motifs is 1. The van der Waals surface area contributed by atoms with Gasteiger partial charge in [-0.1, -0.05) is 23.2 Å². The number of nitrogens with one attached hydrogen (secondary N) is 1. The molecule has 0 unspecified atom stereocenters. The number of anilines is 1. The van der Waals surface area contributed by atoms with Crippen molar-refractivity contribution in [3.63, 3.8) is 0 Å². The van der Waals surface area contributed by atoms with Gasteiger partial charge >= 0.3 is 0 Å². The molecule has 0 aliphatic carbocycles. The van der Waals surface area contributed by atoms with Crippen LogP contribution < -0.4 is 5.43 Å². The van der Waals surface area contributed by atoms with Gasteiger partial charge in [-0.3, -0.25) is 5.43 Å². The molecule has 0 radical (unpaired) electrons. The largest absolute Gasteiger partial charge is 0.504 e. The van der Waals surface area contributed by atoms with Gasteiger partial charge in [-0.05, 0) is 30.3 Å². The number of nitrogens with zero attached hydrogens (tertiary/aromatic N) is 3. The Morgan fingerprint density at radius 3 is 2.82 bits per heavy atom. The lowest BCUT2D eigenvalue weighted by molar-refractivity contribution is 0.480. The van der Waals surface area contributed by atoms with Crippen LogP contribution in [0.2, 0.25) is 10.0 Å². The molecule has 2 heterocycles. The minimum absolute atomic E-state index is 0.101. The molecule has 3 aromatic rings. The molecule has 0 saturated heterocycles. The van der Waals surface area contributed by atoms with Crippen LogP contribution in [0.1, 0.15) is 5.69 Å². The fraction of sp³-hybridized carbons (Fsp3) is 0.0667. The number of benzene rings is 1. The van der Waals surface area contributed by atoms with Crippen LogP contribution in [-0.4, -0.2) is 20.9 Å². The van der Waals surface area contributed by atoms with Gasteiger partial charge in [0.05, 0.1) is 22.0 Å². The normalized spacial score (nSPS) is 11.4. The monoisotopic (exact) mass is 334 g/mol. The Morgan fingerprint density at radius 2 is 2.09 bits per heavy atom. The van der Waals surface area contributed by atoms with E-state index in [1.165, 1.54) is 6.07 Å². The summed E-state index contributed by atoms with van der Waals surface area (Å²) in [6.07, 6.45) is 3.61. The average molecular weight is 335 g/mol. The molecule has 0 spiro atoms. The van der Waals surface area contributed by atoms with Crippen LogP contribution in [0.4, 0.5) is 5.82 Å². The Hall–Kier alpha value is -2.24. The number of aromatic nitrogens is 2. The Balaban J connectivity index is 1.91. The zero-order valence-corrected chi connectivity index (χ0v) is 13.1. The number of phenolic OH excluding ortho intramolecular Hbond substituents is 1. The summed E-state index contributed by atoms with van der Waals surface area (Å²) in [7, 11) is 1.93. The molecular formula is C15H12Cl2N4O. The molecule has 0 aliphatic heterocycles. The van der Waals surface area contributed by atoms with Crippen molar-refractivity contribution in [2.45, 2.75) is 0 Å². The van der Waals surface area contributed by atoms with E-state index in [1.54, 1.807) is 18.3 Å². The SMILES string of the molecule is Cn1cccc1/C=N\Nc1ccc2c(Cl)cc(Cl)c(O)c2n1. The number of hydrogen-bond acceptors (Lipinski definition) is 4. The third-order valence-corrected chi connectivity index (χ3v) is 3.82. The average Bonchev–Trinajstić information content (AvgIpc) is 2.90. The van der Waals surface area contributed by atoms with Crippen molar-refractivity contribution in [1.29, 1.82) is 0 Å². The summed E-state index contributed by atoms with van der Waals surface area (Å²) in [4.78, 5) is 4.29. The first-order chi connectivity index (χ1) is 10.6. The van der Waals surface area contributed by atoms with Crippen LogP contribution in [-0.2, 0) is 7.05 Å². The summed E-state index contributed by atoms with van der Waals surface area (Å²) in [6, 6.07) is 8.83. The van der Waals surface area contributed by atoms with Crippen molar-refractivity contribution in [3.8, 4) is 5.75 Å². The number of aryl methyl sites for hydroxylation is 1. The number of hydrazone groups is 1. The highest BCUT2D eigenvalue weighted by atomic mass is 35.5. The Labute approximate surface area is 136 Å². The zero-order chi connectivity index (χ0) is 15.7. The standard InChI is InChI=1S/C15H12Cl2N4O/c1-21-6-2-3-9(21)8-18-20-13-5-4-10-11(16)7-12(17)15(22)14(10)19-13/h2-8,22H,1H3,(H,19,20)/b18-8-. The molecule has 0 atom stereocenters. The topological polar surface area (TPSA) is 62.4 Å². The molecule has 2 aromatic heterocycles. The van der Waals surface area contributed by atoms with Crippen LogP contribution in [0.5, 0.6) is 5.75 Å². The van der Waals surface area contributed by atoms with E-state index in [4.69, 9.17) is 23.2 Å². The van der Waals surface area contributed by atoms with Gasteiger partial charge in [-0.15, -0.1) is 0 Å². The van der Waals surface area contributed by atoms with Gasteiger partial charge in [0.15, 0.2) is 5.75 Å². The van der Waals surface area contributed by atoms with Gasteiger partial charge in [0.1, 0.15) is 11.3 Å². The molecular weight excluding hydrogens is 323 g/mol. The highest BCUT2D eigenvalue weighted by molar-refractivity contribution is 6.39. The summed E-state index contributed by atoms with van der Waals surface area (Å²) in [5, 5.41) is 15.3. The van der Waals surface area contributed by atoms with Crippen molar-refractivity contribution in [3.05, 3.63) is 52.3 Å². The molecule has 0 saturated carbocycles. The number of pyridine rings is 1. The number of aromatic hydroxyl groups is 1. The quantitative estimate of drug-likeness (QED) is 0.561. The molecule has 0 bridgehead atoms. The Kier molecular flexibility index (Phi) is 3.92. The summed E-state index contributed by atoms with van der Waals surface area (Å²) in [6.45, 7) is 0. The fourth-order valence-electron chi connectivity index (χ4n) is 2.04. The van der Waals surface area contributed by atoms with E-state index in [-0.39, 0.29) is 10.8 Å². The second-order valence-electron chi connectivity index (χ2n) is 4.70. The van der Waals surface area contributed by atoms with Crippen molar-refractivity contribution >= 4 is 46.1 Å². The van der Waals surface area contributed by atoms with Crippen LogP contribution in [0.25, 0.3) is 10.9 Å². The minimum atomic E-state index is -0.101. The minimum Gasteiger partial charge on any atom is -0.504 e. The van der Waals surface area contributed by atoms with Crippen LogP contribution in [0.3, 0.4) is 0 Å². The third kappa shape index (κ3) is 2.73. The molecule has 5 nitrogen and oxygen atoms in total. The Bertz CT molecular complexity index is 873. The molecule has 3 rings (SSSR count). The predicted molar refractivity (Wildman–Crippen MR) is 90.1 cm³/mol. The maximum atomic E-state index is 10.00. The summed E-state index contributed by atoms with van der Waals surface area (Å²) < 4.78 is 1.93. The van der Waals surface area contributed by atoms with E-state index in [0.29, 0.717) is 21.7 Å². The van der Waals surface area contributed by atoms with Gasteiger partial charge in [0, 0.05) is 18.6 Å². The molecule has 7 heteroatoms. The second kappa shape index (κ2) is 5.87. The number of halogens is 2. The van der Waals surface area contributed by atoms with E-state index >= 15 is 0 Å². The highest BCUT2D eigenvalue weighted by Gasteiger charge is 2.11. The first-order valence-electron chi connectivity index (χ1n) is 6.44. The maximum absolute atomic E-state index is 10.00. The zero-order valence-electron chi connectivity index (χ0n) is 11.6. The second-order valence-corrected chi connectivity index (χ2v) is 5.51. The first kappa shape index (κ1) is 14.7. The van der Waals surface area contributed by atoms with Gasteiger partial charge in [0.25, 0.3) is 0 Å². The fourth-order valence-corrected chi connectivity index (χ4v) is 2.55. The predicted octanol–water partition coefficient (Wildman–Crippen LogP) is 4.03. The van der Waals surface area contributed by atoms with Crippen molar-refractivity contribution < 1.29 is 5.11 Å². The molecule has 2 N–H and O–H groups in total. The van der Waals surface area contributed by atoms with Crippen molar-refractivity contribution in [1.82, 2.24) is 9.55 Å². The molecule has 1 aromatic carbocycles. The number of rotatable bonds is 3. The van der Waals surface area contributed by atoms with Crippen LogP contribution in [0, 0.1) is 0 Å². The summed E-state index contributed by atoms with van der Waals surface area (Å²) in [5.74, 6) is 0.378. The maximum Gasteiger partial charge on any atom is 0.160 e. The smallest absolute Gasteiger partial charge is 0.160 e. The summed E-state index contributed by atoms with van der Waals surface area (Å²) in [5.41, 5.74) is 4.09. The lowest BCUT2D eigenvalue weighted by atomic mass is 10.2. The molecule has 22 heavy (non-hydrogen) atoms. The van der Waals surface area contributed by atoms with Crippen molar-refractivity contribution in [2.75, 3.05) is 5.43 Å². The number of hydrogen-bond donors (Lipinski definition) is 2. The van der Waals surface area contributed by atoms with Gasteiger partial charge in [0.2, 0.25) is 0 Å². The highest BCUT2D eigenvalue weighted by Crippen LogP contribution is 2.36. The summed E-state index contributed by atoms with van der Waals surface area (Å²) >= 11 is 12.0. The van der Waals surface area contributed by atoms with Crippen LogP contribution >= 0.6 is 23.2 Å². The lowest BCUT2D eigenvalue weighted by Gasteiger charge is -2.07. The lowest BCUT2D eigenvalue weighted by Crippen LogP contribution is -1.97. The first-order valence-corrected chi connectivity index (χ1v) is 7.20. The Morgan fingerprint density at radius 1 is 1.27 bits per heavy atom. The molecule has 112 valence electrons. The van der Waals surface area contributed by atoms with Gasteiger partial charge < -0.3 is 9.67 Å². The molecule has 0 fully saturated rings. The molecule has 0 aliphatic rings. The van der Waals surface area contributed by atoms with E-state index < -0.39 is 0 Å². The van der Waals surface area contributed by atoms with E-state index in [0.717, 1.165) is 5.69 Å². The van der Waals surface area contributed by atoms with Crippen LogP contribution in [0.15, 0.2) is 41.6 Å². The van der Waals surface area contributed by atoms with E-state index in [9.17, 15) is 5.11 Å². The van der Waals surface area contributed by atoms with E-state index in [1.807, 2.05) is 29.9 Å². The van der Waals surface area contributed by atoms with Gasteiger partial charge in [-0.2, -0.15) is 5.10 Å². The third-order valence-electron chi connectivity index (χ3n) is 3.22. The van der Waals surface area contributed by atoms with Gasteiger partial charge in [-0.25, -0.2) is 4.98 Å².